The van der Waals surface area contributed by atoms with E-state index in [9.17, 15) is 22.0 Å². The third kappa shape index (κ3) is 4.27. The third-order valence-electron chi connectivity index (χ3n) is 3.72. The molecule has 0 bridgehead atoms. The van der Waals surface area contributed by atoms with E-state index in [2.05, 4.69) is 0 Å². The molecule has 1 aromatic rings. The van der Waals surface area contributed by atoms with Gasteiger partial charge in [-0.05, 0) is 25.4 Å². The molecule has 0 aromatic heterocycles. The summed E-state index contributed by atoms with van der Waals surface area (Å²) in [6.45, 7) is 1.89. The molecular formula is C14H19F5O2Si. The fourth-order valence-electron chi connectivity index (χ4n) is 2.08. The molecule has 8 heteroatoms. The summed E-state index contributed by atoms with van der Waals surface area (Å²) in [5, 5.41) is 0. The van der Waals surface area contributed by atoms with Crippen molar-refractivity contribution in [3.8, 4) is 0 Å². The first kappa shape index (κ1) is 19.1. The number of benzene rings is 1. The van der Waals surface area contributed by atoms with E-state index < -0.39 is 43.2 Å². The molecule has 0 spiro atoms. The molecule has 0 heterocycles. The van der Waals surface area contributed by atoms with Crippen molar-refractivity contribution in [2.75, 3.05) is 14.2 Å². The number of unbranched alkanes of at least 4 members (excludes halogenated alkanes) is 2. The largest absolute Gasteiger partial charge is 0.398 e. The Morgan fingerprint density at radius 2 is 1.18 bits per heavy atom. The molecule has 0 aliphatic carbocycles. The maximum atomic E-state index is 13.5. The Hall–Kier alpha value is -0.993. The van der Waals surface area contributed by atoms with Crippen LogP contribution in [0.15, 0.2) is 0 Å². The molecule has 0 fully saturated rings. The molecule has 0 aliphatic rings. The lowest BCUT2D eigenvalue weighted by Crippen LogP contribution is -2.35. The van der Waals surface area contributed by atoms with Crippen LogP contribution in [0, 0.1) is 29.1 Å². The summed E-state index contributed by atoms with van der Waals surface area (Å²) < 4.78 is 76.5. The molecule has 126 valence electrons. The summed E-state index contributed by atoms with van der Waals surface area (Å²) >= 11 is 0. The van der Waals surface area contributed by atoms with Gasteiger partial charge in [-0.3, -0.25) is 0 Å². The van der Waals surface area contributed by atoms with Crippen LogP contribution in [0.5, 0.6) is 0 Å². The van der Waals surface area contributed by atoms with E-state index in [0.717, 1.165) is 0 Å². The normalized spacial score (nSPS) is 12.0. The van der Waals surface area contributed by atoms with E-state index in [1.807, 2.05) is 6.55 Å². The molecule has 0 N–H and O–H groups in total. The van der Waals surface area contributed by atoms with E-state index in [1.165, 1.54) is 0 Å². The minimum Gasteiger partial charge on any atom is -0.398 e. The van der Waals surface area contributed by atoms with Gasteiger partial charge in [-0.1, -0.05) is 12.8 Å². The number of halogens is 5. The molecule has 1 rings (SSSR count). The van der Waals surface area contributed by atoms with Gasteiger partial charge >= 0.3 is 8.56 Å². The Labute approximate surface area is 127 Å². The molecule has 0 unspecified atom stereocenters. The van der Waals surface area contributed by atoms with Crippen LogP contribution in [0.1, 0.15) is 24.8 Å². The molecule has 0 saturated carbocycles. The van der Waals surface area contributed by atoms with Crippen LogP contribution < -0.4 is 0 Å². The van der Waals surface area contributed by atoms with Gasteiger partial charge in [0, 0.05) is 19.8 Å². The summed E-state index contributed by atoms with van der Waals surface area (Å²) in [4.78, 5) is 0. The standard InChI is InChI=1S/C14H19F5O2Si/c1-20-22(3,21-2)8-6-4-5-7-9-10(15)12(17)14(19)13(18)11(9)16/h4-8H2,1-3H3. The fourth-order valence-corrected chi connectivity index (χ4v) is 3.55. The van der Waals surface area contributed by atoms with E-state index in [0.29, 0.717) is 25.3 Å². The van der Waals surface area contributed by atoms with Gasteiger partial charge in [-0.15, -0.1) is 0 Å². The van der Waals surface area contributed by atoms with Crippen molar-refractivity contribution in [1.29, 1.82) is 0 Å². The van der Waals surface area contributed by atoms with E-state index in [-0.39, 0.29) is 6.42 Å². The number of hydrogen-bond donors (Lipinski definition) is 0. The second-order valence-electron chi connectivity index (χ2n) is 5.15. The lowest BCUT2D eigenvalue weighted by Gasteiger charge is -2.22. The molecular weight excluding hydrogens is 323 g/mol. The predicted octanol–water partition coefficient (Wildman–Crippen LogP) is 4.46. The van der Waals surface area contributed by atoms with Crippen molar-refractivity contribution in [3.05, 3.63) is 34.6 Å². The Morgan fingerprint density at radius 1 is 0.727 bits per heavy atom. The minimum absolute atomic E-state index is 0.204. The Balaban J connectivity index is 2.60. The highest BCUT2D eigenvalue weighted by Gasteiger charge is 2.28. The second kappa shape index (κ2) is 8.03. The summed E-state index contributed by atoms with van der Waals surface area (Å²) in [5.74, 6) is -9.41. The molecule has 0 saturated heterocycles. The first-order valence-corrected chi connectivity index (χ1v) is 9.40. The molecule has 22 heavy (non-hydrogen) atoms. The van der Waals surface area contributed by atoms with E-state index >= 15 is 0 Å². The van der Waals surface area contributed by atoms with Crippen molar-refractivity contribution in [2.45, 2.75) is 38.3 Å². The maximum Gasteiger partial charge on any atom is 0.334 e. The minimum atomic E-state index is -2.19. The molecule has 1 aromatic carbocycles. The van der Waals surface area contributed by atoms with E-state index in [1.54, 1.807) is 14.2 Å². The monoisotopic (exact) mass is 342 g/mol. The molecule has 0 aliphatic heterocycles. The van der Waals surface area contributed by atoms with Crippen LogP contribution in [-0.2, 0) is 15.3 Å². The molecule has 0 amide bonds. The average Bonchev–Trinajstić information content (AvgIpc) is 2.53. The Morgan fingerprint density at radius 3 is 1.64 bits per heavy atom. The Kier molecular flexibility index (Phi) is 6.95. The quantitative estimate of drug-likeness (QED) is 0.228. The van der Waals surface area contributed by atoms with Crippen molar-refractivity contribution < 1.29 is 30.8 Å². The van der Waals surface area contributed by atoms with Crippen molar-refractivity contribution in [3.63, 3.8) is 0 Å². The zero-order valence-corrected chi connectivity index (χ0v) is 13.7. The molecule has 0 radical (unpaired) electrons. The van der Waals surface area contributed by atoms with E-state index in [4.69, 9.17) is 8.85 Å². The van der Waals surface area contributed by atoms with Gasteiger partial charge in [0.1, 0.15) is 0 Å². The molecule has 2 nitrogen and oxygen atoms in total. The first-order valence-electron chi connectivity index (χ1n) is 6.88. The lowest BCUT2D eigenvalue weighted by molar-refractivity contribution is 0.248. The topological polar surface area (TPSA) is 18.5 Å². The van der Waals surface area contributed by atoms with Gasteiger partial charge in [-0.2, -0.15) is 0 Å². The summed E-state index contributed by atoms with van der Waals surface area (Å²) in [6.07, 6.45) is 1.38. The van der Waals surface area contributed by atoms with Crippen LogP contribution in [0.4, 0.5) is 22.0 Å². The highest BCUT2D eigenvalue weighted by atomic mass is 28.4. The van der Waals surface area contributed by atoms with Crippen molar-refractivity contribution in [2.24, 2.45) is 0 Å². The number of rotatable bonds is 8. The first-order chi connectivity index (χ1) is 10.3. The van der Waals surface area contributed by atoms with Crippen molar-refractivity contribution >= 4 is 8.56 Å². The van der Waals surface area contributed by atoms with Gasteiger partial charge in [0.15, 0.2) is 23.3 Å². The smallest absolute Gasteiger partial charge is 0.334 e. The van der Waals surface area contributed by atoms with Crippen LogP contribution in [0.3, 0.4) is 0 Å². The Bertz CT molecular complexity index is 491. The van der Waals surface area contributed by atoms with Gasteiger partial charge < -0.3 is 8.85 Å². The summed E-state index contributed by atoms with van der Waals surface area (Å²) in [6, 6.07) is 0.692. The fraction of sp³-hybridized carbons (Fsp3) is 0.571. The average molecular weight is 342 g/mol. The highest BCUT2D eigenvalue weighted by molar-refractivity contribution is 6.65. The van der Waals surface area contributed by atoms with Crippen LogP contribution >= 0.6 is 0 Å². The SMILES string of the molecule is CO[Si](C)(CCCCCc1c(F)c(F)c(F)c(F)c1F)OC. The predicted molar refractivity (Wildman–Crippen MR) is 74.2 cm³/mol. The summed E-state index contributed by atoms with van der Waals surface area (Å²) in [7, 11) is 0.929. The van der Waals surface area contributed by atoms with Gasteiger partial charge in [0.05, 0.1) is 0 Å². The zero-order chi connectivity index (χ0) is 16.9. The van der Waals surface area contributed by atoms with Crippen LogP contribution in [0.2, 0.25) is 12.6 Å². The van der Waals surface area contributed by atoms with Gasteiger partial charge in [-0.25, -0.2) is 22.0 Å². The third-order valence-corrected chi connectivity index (χ3v) is 6.71. The van der Waals surface area contributed by atoms with Gasteiger partial charge in [0.25, 0.3) is 0 Å². The van der Waals surface area contributed by atoms with Crippen molar-refractivity contribution in [1.82, 2.24) is 0 Å². The highest BCUT2D eigenvalue weighted by Crippen LogP contribution is 2.25. The summed E-state index contributed by atoms with van der Waals surface area (Å²) in [5.41, 5.74) is -0.755. The maximum absolute atomic E-state index is 13.5. The van der Waals surface area contributed by atoms with Gasteiger partial charge in [0.2, 0.25) is 5.82 Å². The second-order valence-corrected chi connectivity index (χ2v) is 8.74. The molecule has 0 atom stereocenters. The lowest BCUT2D eigenvalue weighted by atomic mass is 10.1. The zero-order valence-electron chi connectivity index (χ0n) is 12.7. The number of hydrogen-bond acceptors (Lipinski definition) is 2. The van der Waals surface area contributed by atoms with Crippen LogP contribution in [-0.4, -0.2) is 22.8 Å². The van der Waals surface area contributed by atoms with Crippen LogP contribution in [0.25, 0.3) is 0 Å².